The van der Waals surface area contributed by atoms with Crippen molar-refractivity contribution in [2.24, 2.45) is 10.2 Å². The number of aryl methyl sites for hydroxylation is 1. The predicted octanol–water partition coefficient (Wildman–Crippen LogP) is 5.40. The van der Waals surface area contributed by atoms with Gasteiger partial charge in [0, 0.05) is 47.9 Å². The molecule has 0 unspecified atom stereocenters. The molecule has 2 aliphatic heterocycles. The minimum Gasteiger partial charge on any atom is -0.392 e. The summed E-state index contributed by atoms with van der Waals surface area (Å²) in [5, 5.41) is 27.3. The molecule has 37 heavy (non-hydrogen) atoms. The van der Waals surface area contributed by atoms with E-state index < -0.39 is 0 Å². The van der Waals surface area contributed by atoms with Gasteiger partial charge in [-0.2, -0.15) is 5.10 Å². The van der Waals surface area contributed by atoms with Crippen LogP contribution < -0.4 is 5.32 Å². The first-order chi connectivity index (χ1) is 17.5. The molecule has 1 saturated heterocycles. The molecule has 200 valence electrons. The SMILES string of the molecule is CCCc1cc(-n2cc(CO)cn2)ccc1C1=NN=C(N(C)C2CC(C)(C)NC(C)(C)C2)CC(CC)=C1. The number of hydrogen-bond donors (Lipinski definition) is 2. The standard InChI is InChI=1S/C30H44N6O/c1-8-10-23-15-24(36-19-22(20-37)18-31-36)11-12-26(23)27-13-21(9-2)14-28(33-32-27)35(7)25-16-29(3,4)34-30(5,6)17-25/h11-13,15,18-19,25,34,37H,8-10,14,16-17,20H2,1-7H3. The van der Waals surface area contributed by atoms with E-state index in [2.05, 4.69) is 88.2 Å². The monoisotopic (exact) mass is 504 g/mol. The van der Waals surface area contributed by atoms with E-state index in [-0.39, 0.29) is 17.7 Å². The van der Waals surface area contributed by atoms with Crippen molar-refractivity contribution in [3.8, 4) is 5.69 Å². The van der Waals surface area contributed by atoms with E-state index in [1.807, 2.05) is 10.9 Å². The molecule has 0 bridgehead atoms. The van der Waals surface area contributed by atoms with Crippen molar-refractivity contribution < 1.29 is 5.11 Å². The summed E-state index contributed by atoms with van der Waals surface area (Å²) in [5.74, 6) is 1.04. The van der Waals surface area contributed by atoms with E-state index in [0.29, 0.717) is 6.04 Å². The fourth-order valence-corrected chi connectivity index (χ4v) is 5.96. The van der Waals surface area contributed by atoms with Gasteiger partial charge in [-0.25, -0.2) is 4.68 Å². The number of benzene rings is 1. The van der Waals surface area contributed by atoms with E-state index in [0.717, 1.165) is 66.9 Å². The zero-order valence-electron chi connectivity index (χ0n) is 23.7. The molecular formula is C30H44N6O. The summed E-state index contributed by atoms with van der Waals surface area (Å²) in [7, 11) is 2.19. The molecule has 3 heterocycles. The molecule has 7 heteroatoms. The quantitative estimate of drug-likeness (QED) is 0.529. The van der Waals surface area contributed by atoms with Crippen molar-refractivity contribution in [2.45, 2.75) is 104 Å². The first kappa shape index (κ1) is 27.3. The molecule has 0 radical (unpaired) electrons. The Morgan fingerprint density at radius 2 is 1.84 bits per heavy atom. The highest BCUT2D eigenvalue weighted by molar-refractivity contribution is 6.11. The second-order valence-electron chi connectivity index (χ2n) is 11.9. The summed E-state index contributed by atoms with van der Waals surface area (Å²) in [6, 6.07) is 6.82. The lowest BCUT2D eigenvalue weighted by Gasteiger charge is -2.49. The fourth-order valence-electron chi connectivity index (χ4n) is 5.96. The molecule has 7 nitrogen and oxygen atoms in total. The van der Waals surface area contributed by atoms with Gasteiger partial charge < -0.3 is 15.3 Å². The zero-order valence-corrected chi connectivity index (χ0v) is 23.7. The number of allylic oxidation sites excluding steroid dienone is 1. The maximum absolute atomic E-state index is 9.43. The smallest absolute Gasteiger partial charge is 0.131 e. The van der Waals surface area contributed by atoms with E-state index in [1.165, 1.54) is 11.1 Å². The van der Waals surface area contributed by atoms with E-state index in [1.54, 1.807) is 6.20 Å². The highest BCUT2D eigenvalue weighted by Crippen LogP contribution is 2.32. The molecule has 2 N–H and O–H groups in total. The van der Waals surface area contributed by atoms with Gasteiger partial charge in [-0.15, -0.1) is 10.2 Å². The van der Waals surface area contributed by atoms with Gasteiger partial charge in [0.1, 0.15) is 5.84 Å². The number of aliphatic hydroxyl groups excluding tert-OH is 1. The van der Waals surface area contributed by atoms with Gasteiger partial charge in [0.15, 0.2) is 0 Å². The van der Waals surface area contributed by atoms with Crippen LogP contribution in [0.1, 0.15) is 90.3 Å². The normalized spacial score (nSPS) is 19.6. The summed E-state index contributed by atoms with van der Waals surface area (Å²) < 4.78 is 1.82. The Labute approximate surface area is 222 Å². The van der Waals surface area contributed by atoms with Gasteiger partial charge in [0.2, 0.25) is 0 Å². The van der Waals surface area contributed by atoms with Crippen LogP contribution in [0.2, 0.25) is 0 Å². The lowest BCUT2D eigenvalue weighted by Crippen LogP contribution is -2.62. The predicted molar refractivity (Wildman–Crippen MR) is 153 cm³/mol. The number of aromatic nitrogens is 2. The van der Waals surface area contributed by atoms with Gasteiger partial charge in [-0.05, 0) is 77.2 Å². The van der Waals surface area contributed by atoms with Gasteiger partial charge in [-0.3, -0.25) is 0 Å². The van der Waals surface area contributed by atoms with Crippen LogP contribution in [0, 0.1) is 0 Å². The molecule has 1 fully saturated rings. The van der Waals surface area contributed by atoms with Crippen LogP contribution in [0.5, 0.6) is 0 Å². The Balaban J connectivity index is 1.68. The molecule has 0 atom stereocenters. The minimum absolute atomic E-state index is 0.0115. The van der Waals surface area contributed by atoms with Crippen LogP contribution in [-0.2, 0) is 13.0 Å². The first-order valence-electron chi connectivity index (χ1n) is 13.7. The van der Waals surface area contributed by atoms with Crippen LogP contribution in [0.25, 0.3) is 5.69 Å². The number of hydrogen-bond acceptors (Lipinski definition) is 6. The third-order valence-corrected chi connectivity index (χ3v) is 7.54. The fraction of sp³-hybridized carbons (Fsp3) is 0.567. The van der Waals surface area contributed by atoms with Crippen molar-refractivity contribution in [1.82, 2.24) is 20.0 Å². The Kier molecular flexibility index (Phi) is 8.05. The summed E-state index contributed by atoms with van der Waals surface area (Å²) in [6.45, 7) is 13.6. The van der Waals surface area contributed by atoms with Gasteiger partial charge in [-0.1, -0.05) is 31.9 Å². The van der Waals surface area contributed by atoms with Crippen LogP contribution in [0.3, 0.4) is 0 Å². The Morgan fingerprint density at radius 1 is 1.11 bits per heavy atom. The molecule has 0 saturated carbocycles. The summed E-state index contributed by atoms with van der Waals surface area (Å²) in [4.78, 5) is 2.38. The third kappa shape index (κ3) is 6.39. The topological polar surface area (TPSA) is 78.0 Å². The maximum atomic E-state index is 9.43. The number of amidine groups is 1. The molecule has 0 aliphatic carbocycles. The molecule has 1 aromatic carbocycles. The van der Waals surface area contributed by atoms with Crippen LogP contribution >= 0.6 is 0 Å². The van der Waals surface area contributed by atoms with E-state index >= 15 is 0 Å². The molecule has 4 rings (SSSR count). The van der Waals surface area contributed by atoms with Gasteiger partial charge in [0.25, 0.3) is 0 Å². The van der Waals surface area contributed by atoms with Crippen molar-refractivity contribution in [2.75, 3.05) is 7.05 Å². The third-order valence-electron chi connectivity index (χ3n) is 7.54. The van der Waals surface area contributed by atoms with Crippen molar-refractivity contribution in [1.29, 1.82) is 0 Å². The van der Waals surface area contributed by atoms with Crippen molar-refractivity contribution in [3.63, 3.8) is 0 Å². The highest BCUT2D eigenvalue weighted by atomic mass is 16.3. The maximum Gasteiger partial charge on any atom is 0.131 e. The average molecular weight is 505 g/mol. The van der Waals surface area contributed by atoms with Gasteiger partial charge in [0.05, 0.1) is 24.2 Å². The molecule has 0 amide bonds. The number of nitrogens with one attached hydrogen (secondary N) is 1. The first-order valence-corrected chi connectivity index (χ1v) is 13.7. The Morgan fingerprint density at radius 3 is 2.46 bits per heavy atom. The highest BCUT2D eigenvalue weighted by Gasteiger charge is 2.40. The van der Waals surface area contributed by atoms with Crippen LogP contribution in [-0.4, -0.2) is 55.5 Å². The number of aliphatic hydroxyl groups is 1. The number of rotatable bonds is 7. The molecule has 0 spiro atoms. The van der Waals surface area contributed by atoms with Crippen molar-refractivity contribution >= 4 is 11.5 Å². The van der Waals surface area contributed by atoms with Gasteiger partial charge >= 0.3 is 0 Å². The van der Waals surface area contributed by atoms with Crippen LogP contribution in [0.15, 0.2) is 52.4 Å². The van der Waals surface area contributed by atoms with Crippen LogP contribution in [0.4, 0.5) is 0 Å². The Bertz CT molecular complexity index is 1190. The summed E-state index contributed by atoms with van der Waals surface area (Å²) in [6.07, 6.45) is 11.7. The lowest BCUT2D eigenvalue weighted by molar-refractivity contribution is 0.113. The Hall–Kier alpha value is -2.77. The summed E-state index contributed by atoms with van der Waals surface area (Å²) >= 11 is 0. The molecule has 2 aromatic rings. The molecular weight excluding hydrogens is 460 g/mol. The second kappa shape index (κ2) is 10.9. The zero-order chi connectivity index (χ0) is 26.8. The van der Waals surface area contributed by atoms with E-state index in [4.69, 9.17) is 10.2 Å². The average Bonchev–Trinajstić information content (AvgIpc) is 3.21. The lowest BCUT2D eigenvalue weighted by atomic mass is 9.79. The number of piperidine rings is 1. The largest absolute Gasteiger partial charge is 0.392 e. The second-order valence-corrected chi connectivity index (χ2v) is 11.9. The number of nitrogens with zero attached hydrogens (tertiary/aromatic N) is 5. The van der Waals surface area contributed by atoms with Crippen molar-refractivity contribution in [3.05, 3.63) is 58.9 Å². The molecule has 2 aliphatic rings. The van der Waals surface area contributed by atoms with E-state index in [9.17, 15) is 5.11 Å². The summed E-state index contributed by atoms with van der Waals surface area (Å²) in [5.41, 5.74) is 6.58. The molecule has 1 aromatic heterocycles. The minimum atomic E-state index is -0.0115.